The molecule has 1 aliphatic heterocycles. The van der Waals surface area contributed by atoms with Gasteiger partial charge in [-0.25, -0.2) is 13.2 Å². The van der Waals surface area contributed by atoms with E-state index in [1.165, 1.54) is 12.1 Å². The Kier molecular flexibility index (Phi) is 10.2. The van der Waals surface area contributed by atoms with E-state index < -0.39 is 32.1 Å². The van der Waals surface area contributed by atoms with Gasteiger partial charge in [-0.15, -0.1) is 0 Å². The van der Waals surface area contributed by atoms with Crippen LogP contribution in [0.1, 0.15) is 56.9 Å². The first-order valence-electron chi connectivity index (χ1n) is 13.6. The van der Waals surface area contributed by atoms with Gasteiger partial charge in [-0.05, 0) is 72.8 Å². The van der Waals surface area contributed by atoms with Crippen molar-refractivity contribution in [3.8, 4) is 0 Å². The summed E-state index contributed by atoms with van der Waals surface area (Å²) in [4.78, 5) is 4.82. The van der Waals surface area contributed by atoms with Crippen LogP contribution in [0.15, 0.2) is 63.8 Å². The van der Waals surface area contributed by atoms with Crippen LogP contribution < -0.4 is 5.32 Å². The number of nitrogens with zero attached hydrogens (tertiary/aromatic N) is 1. The number of rotatable bonds is 8. The lowest BCUT2D eigenvalue weighted by molar-refractivity contribution is -0.150. The fraction of sp³-hybridized carbons (Fsp3) is 0.533. The number of benzene rings is 1. The normalized spacial score (nSPS) is 28.1. The Morgan fingerprint density at radius 1 is 1.10 bits per heavy atom. The van der Waals surface area contributed by atoms with E-state index in [-0.39, 0.29) is 30.0 Å². The first-order chi connectivity index (χ1) is 18.8. The maximum Gasteiger partial charge on any atom is 0.345 e. The second-order valence-electron chi connectivity index (χ2n) is 10.6. The van der Waals surface area contributed by atoms with E-state index in [1.54, 1.807) is 24.3 Å². The van der Waals surface area contributed by atoms with Crippen molar-refractivity contribution in [2.24, 2.45) is 16.8 Å². The largest absolute Gasteiger partial charge is 0.345 e. The van der Waals surface area contributed by atoms with Crippen molar-refractivity contribution in [2.75, 3.05) is 19.9 Å². The maximum absolute atomic E-state index is 13.8. The zero-order chi connectivity index (χ0) is 27.9. The molecule has 1 heterocycles. The molecule has 4 atom stereocenters. The Morgan fingerprint density at radius 3 is 2.54 bits per heavy atom. The lowest BCUT2D eigenvalue weighted by Gasteiger charge is -2.29. The Hall–Kier alpha value is -2.65. The molecule has 1 aromatic carbocycles. The van der Waals surface area contributed by atoms with Gasteiger partial charge in [0.1, 0.15) is 19.2 Å². The number of nitrogens with one attached hydrogen (secondary N) is 2. The first kappa shape index (κ1) is 29.3. The summed E-state index contributed by atoms with van der Waals surface area (Å²) in [7, 11) is 0. The smallest absolute Gasteiger partial charge is 0.315 e. The van der Waals surface area contributed by atoms with Crippen LogP contribution in [0.4, 0.5) is 22.0 Å². The molecule has 0 aromatic heterocycles. The third kappa shape index (κ3) is 7.31. The summed E-state index contributed by atoms with van der Waals surface area (Å²) in [5, 5.41) is 12.1. The third-order valence-electron chi connectivity index (χ3n) is 8.04. The van der Waals surface area contributed by atoms with Crippen LogP contribution in [-0.4, -0.2) is 50.6 Å². The fourth-order valence-corrected chi connectivity index (χ4v) is 5.77. The first-order valence-corrected chi connectivity index (χ1v) is 13.6. The van der Waals surface area contributed by atoms with E-state index in [4.69, 9.17) is 9.73 Å². The highest BCUT2D eigenvalue weighted by Gasteiger charge is 2.35. The Morgan fingerprint density at radius 2 is 1.85 bits per heavy atom. The predicted octanol–water partition coefficient (Wildman–Crippen LogP) is 7.25. The zero-order valence-electron chi connectivity index (χ0n) is 22.1. The van der Waals surface area contributed by atoms with Gasteiger partial charge in [0.05, 0.1) is 17.9 Å². The van der Waals surface area contributed by atoms with E-state index in [0.717, 1.165) is 41.7 Å². The van der Waals surface area contributed by atoms with Gasteiger partial charge >= 0.3 is 6.61 Å². The molecule has 9 heteroatoms. The number of hydrogen-bond acceptors (Lipinski definition) is 4. The van der Waals surface area contributed by atoms with E-state index in [2.05, 4.69) is 5.32 Å². The SMILES string of the molecule is CC1C2=C(C=CC(OC(F)F)C2)C(=N)/C(=C2\CCCCC(CNC(CF)CF)C=N2)CC1c1ccc(F)cc1. The van der Waals surface area contributed by atoms with Gasteiger partial charge in [-0.1, -0.05) is 43.2 Å². The van der Waals surface area contributed by atoms with Crippen LogP contribution in [0.5, 0.6) is 0 Å². The van der Waals surface area contributed by atoms with Crippen LogP contribution >= 0.6 is 0 Å². The highest BCUT2D eigenvalue weighted by Crippen LogP contribution is 2.45. The summed E-state index contributed by atoms with van der Waals surface area (Å²) < 4.78 is 70.5. The summed E-state index contributed by atoms with van der Waals surface area (Å²) in [6.45, 7) is -2.00. The number of allylic oxidation sites excluding steroid dienone is 4. The van der Waals surface area contributed by atoms with Gasteiger partial charge in [0.2, 0.25) is 0 Å². The molecular weight excluding hydrogens is 513 g/mol. The van der Waals surface area contributed by atoms with Crippen LogP contribution in [0, 0.1) is 23.1 Å². The van der Waals surface area contributed by atoms with Crippen molar-refractivity contribution < 1.29 is 26.7 Å². The molecular formula is C30H36F5N3O. The van der Waals surface area contributed by atoms with Gasteiger partial charge in [0, 0.05) is 24.4 Å². The molecule has 0 fully saturated rings. The lowest BCUT2D eigenvalue weighted by Crippen LogP contribution is -2.37. The summed E-state index contributed by atoms with van der Waals surface area (Å²) >= 11 is 0. The summed E-state index contributed by atoms with van der Waals surface area (Å²) in [6, 6.07) is 5.50. The molecule has 0 saturated carbocycles. The molecule has 0 spiro atoms. The van der Waals surface area contributed by atoms with Gasteiger partial charge in [0.15, 0.2) is 0 Å². The number of halogens is 5. The van der Waals surface area contributed by atoms with Crippen molar-refractivity contribution in [3.05, 3.63) is 70.2 Å². The minimum Gasteiger partial charge on any atom is -0.315 e. The molecule has 3 aliphatic rings. The van der Waals surface area contributed by atoms with Crippen molar-refractivity contribution in [1.82, 2.24) is 5.32 Å². The van der Waals surface area contributed by atoms with Gasteiger partial charge in [-0.2, -0.15) is 8.78 Å². The average molecular weight is 550 g/mol. The van der Waals surface area contributed by atoms with E-state index in [9.17, 15) is 27.4 Å². The fourth-order valence-electron chi connectivity index (χ4n) is 5.77. The molecule has 2 N–H and O–H groups in total. The molecule has 0 amide bonds. The molecule has 0 saturated heterocycles. The van der Waals surface area contributed by atoms with Crippen LogP contribution in [-0.2, 0) is 4.74 Å². The quantitative estimate of drug-likeness (QED) is 0.336. The second-order valence-corrected chi connectivity index (χ2v) is 10.6. The van der Waals surface area contributed by atoms with E-state index >= 15 is 0 Å². The van der Waals surface area contributed by atoms with Gasteiger partial charge in [0.25, 0.3) is 0 Å². The number of hydrogen-bond donors (Lipinski definition) is 2. The second kappa shape index (κ2) is 13.6. The van der Waals surface area contributed by atoms with Crippen LogP contribution in [0.2, 0.25) is 0 Å². The Labute approximate surface area is 226 Å². The number of alkyl halides is 4. The molecule has 212 valence electrons. The average Bonchev–Trinajstić information content (AvgIpc) is 3.01. The monoisotopic (exact) mass is 549 g/mol. The Bertz CT molecular complexity index is 1120. The van der Waals surface area contributed by atoms with Crippen molar-refractivity contribution in [2.45, 2.75) is 70.1 Å². The van der Waals surface area contributed by atoms with Crippen molar-refractivity contribution in [1.29, 1.82) is 5.41 Å². The highest BCUT2D eigenvalue weighted by atomic mass is 19.3. The highest BCUT2D eigenvalue weighted by molar-refractivity contribution is 6.13. The van der Waals surface area contributed by atoms with Crippen molar-refractivity contribution in [3.63, 3.8) is 0 Å². The zero-order valence-corrected chi connectivity index (χ0v) is 22.1. The van der Waals surface area contributed by atoms with E-state index in [0.29, 0.717) is 30.7 Å². The summed E-state index contributed by atoms with van der Waals surface area (Å²) in [6.07, 6.45) is 8.39. The molecule has 0 bridgehead atoms. The topological polar surface area (TPSA) is 57.5 Å². The molecule has 4 rings (SSSR count). The Balaban J connectivity index is 1.71. The van der Waals surface area contributed by atoms with Crippen molar-refractivity contribution >= 4 is 11.9 Å². The van der Waals surface area contributed by atoms with Gasteiger partial charge in [-0.3, -0.25) is 10.4 Å². The van der Waals surface area contributed by atoms with E-state index in [1.807, 2.05) is 13.1 Å². The standard InChI is InChI=1S/C30H36F5N3O/c1-18-25(20-6-8-21(33)9-7-20)13-27(29(36)24-11-10-23(12-26(18)24)39-30(34)35)28-5-3-2-4-19(17-38-28)16-37-22(14-31)15-32/h6-11,17-19,22-23,25,30,36-37H,2-5,12-16H2,1H3/b28-27+,36-29?,38-17?. The van der Waals surface area contributed by atoms with Crippen LogP contribution in [0.3, 0.4) is 0 Å². The minimum absolute atomic E-state index is 0.00453. The maximum atomic E-state index is 13.8. The third-order valence-corrected chi connectivity index (χ3v) is 8.04. The lowest BCUT2D eigenvalue weighted by atomic mass is 9.77. The molecule has 1 aromatic rings. The summed E-state index contributed by atoms with van der Waals surface area (Å²) in [5.74, 6) is -0.563. The summed E-state index contributed by atoms with van der Waals surface area (Å²) in [5.41, 5.74) is 4.39. The predicted molar refractivity (Wildman–Crippen MR) is 144 cm³/mol. The van der Waals surface area contributed by atoms with Crippen LogP contribution in [0.25, 0.3) is 0 Å². The molecule has 0 radical (unpaired) electrons. The molecule has 39 heavy (non-hydrogen) atoms. The minimum atomic E-state index is -2.90. The number of aliphatic imine (C=N–C) groups is 1. The van der Waals surface area contributed by atoms with Gasteiger partial charge < -0.3 is 10.1 Å². The molecule has 2 aliphatic carbocycles. The molecule has 4 nitrogen and oxygen atoms in total. The number of ether oxygens (including phenoxy) is 1. The molecule has 4 unspecified atom stereocenters.